The van der Waals surface area contributed by atoms with E-state index >= 15 is 0 Å². The van der Waals surface area contributed by atoms with Crippen LogP contribution in [0.5, 0.6) is 0 Å². The molecule has 0 saturated carbocycles. The van der Waals surface area contributed by atoms with Crippen LogP contribution in [0.4, 0.5) is 11.5 Å². The number of nitrogens with zero attached hydrogens (tertiary/aromatic N) is 2. The Morgan fingerprint density at radius 3 is 2.93 bits per heavy atom. The maximum Gasteiger partial charge on any atom is 0.228 e. The highest BCUT2D eigenvalue weighted by Crippen LogP contribution is 2.23. The Morgan fingerprint density at radius 1 is 1.47 bits per heavy atom. The number of hydrogen-bond donors (Lipinski definition) is 1. The van der Waals surface area contributed by atoms with Crippen molar-refractivity contribution in [3.8, 4) is 0 Å². The molecule has 2 heterocycles. The first-order valence-electron chi connectivity index (χ1n) is 5.21. The van der Waals surface area contributed by atoms with E-state index in [1.807, 2.05) is 13.0 Å². The number of amides is 1. The Bertz CT molecular complexity index is 389. The molecule has 0 atom stereocenters. The van der Waals surface area contributed by atoms with Gasteiger partial charge in [-0.1, -0.05) is 0 Å². The second-order valence-corrected chi connectivity index (χ2v) is 3.91. The minimum Gasteiger partial charge on any atom is -0.397 e. The summed E-state index contributed by atoms with van der Waals surface area (Å²) in [6.45, 7) is 2.71. The summed E-state index contributed by atoms with van der Waals surface area (Å²) in [4.78, 5) is 17.7. The number of anilines is 2. The predicted octanol–water partition coefficient (Wildman–Crippen LogP) is 1.49. The molecule has 1 fully saturated rings. The number of carbonyl (C=O) groups excluding carboxylic acids is 1. The molecular formula is C11H15N3O. The molecule has 0 bridgehead atoms. The van der Waals surface area contributed by atoms with Crippen molar-refractivity contribution in [2.45, 2.75) is 26.2 Å². The van der Waals surface area contributed by atoms with Gasteiger partial charge in [0.1, 0.15) is 5.82 Å². The fourth-order valence-electron chi connectivity index (χ4n) is 1.90. The molecule has 0 radical (unpaired) electrons. The van der Waals surface area contributed by atoms with E-state index in [1.165, 1.54) is 0 Å². The molecular weight excluding hydrogens is 190 g/mol. The molecule has 0 spiro atoms. The van der Waals surface area contributed by atoms with Crippen molar-refractivity contribution in [3.63, 3.8) is 0 Å². The predicted molar refractivity (Wildman–Crippen MR) is 59.6 cm³/mol. The highest BCUT2D eigenvalue weighted by molar-refractivity contribution is 5.93. The van der Waals surface area contributed by atoms with Crippen molar-refractivity contribution in [2.24, 2.45) is 0 Å². The van der Waals surface area contributed by atoms with Crippen molar-refractivity contribution >= 4 is 17.4 Å². The minimum atomic E-state index is 0.168. The number of pyridine rings is 1. The molecule has 4 nitrogen and oxygen atoms in total. The first-order valence-corrected chi connectivity index (χ1v) is 5.21. The summed E-state index contributed by atoms with van der Waals surface area (Å²) >= 11 is 0. The Balaban J connectivity index is 2.31. The number of nitrogen functional groups attached to an aromatic ring is 1. The minimum absolute atomic E-state index is 0.168. The van der Waals surface area contributed by atoms with E-state index in [-0.39, 0.29) is 5.91 Å². The van der Waals surface area contributed by atoms with E-state index in [0.29, 0.717) is 12.1 Å². The maximum atomic E-state index is 11.7. The molecule has 1 saturated heterocycles. The molecule has 0 aliphatic carbocycles. The van der Waals surface area contributed by atoms with E-state index in [2.05, 4.69) is 4.98 Å². The third-order valence-electron chi connectivity index (χ3n) is 2.65. The molecule has 0 unspecified atom stereocenters. The molecule has 80 valence electrons. The van der Waals surface area contributed by atoms with Crippen molar-refractivity contribution in [2.75, 3.05) is 17.2 Å². The zero-order valence-electron chi connectivity index (χ0n) is 8.86. The average molecular weight is 205 g/mol. The Hall–Kier alpha value is -1.58. The number of piperidine rings is 1. The van der Waals surface area contributed by atoms with Crippen molar-refractivity contribution < 1.29 is 4.79 Å². The van der Waals surface area contributed by atoms with E-state index in [0.717, 1.165) is 30.8 Å². The monoisotopic (exact) mass is 205 g/mol. The van der Waals surface area contributed by atoms with Crippen molar-refractivity contribution in [3.05, 3.63) is 17.8 Å². The van der Waals surface area contributed by atoms with Crippen LogP contribution in [0.15, 0.2) is 12.3 Å². The number of carbonyl (C=O) groups is 1. The number of hydrogen-bond acceptors (Lipinski definition) is 3. The number of rotatable bonds is 1. The van der Waals surface area contributed by atoms with Gasteiger partial charge >= 0.3 is 0 Å². The number of aromatic nitrogens is 1. The summed E-state index contributed by atoms with van der Waals surface area (Å²) in [6, 6.07) is 1.85. The molecule has 1 aliphatic rings. The van der Waals surface area contributed by atoms with Crippen LogP contribution in [0.2, 0.25) is 0 Å². The number of aryl methyl sites for hydroxylation is 1. The van der Waals surface area contributed by atoms with Gasteiger partial charge in [-0.25, -0.2) is 4.98 Å². The first kappa shape index (κ1) is 9.96. The smallest absolute Gasteiger partial charge is 0.228 e. The average Bonchev–Trinajstić information content (AvgIpc) is 2.20. The molecule has 2 rings (SSSR count). The molecule has 1 aliphatic heterocycles. The standard InChI is InChI=1S/C11H15N3O/c1-8-6-9(12)7-13-11(8)14-5-3-2-4-10(14)15/h6-7H,2-5,12H2,1H3. The topological polar surface area (TPSA) is 59.2 Å². The SMILES string of the molecule is Cc1cc(N)cnc1N1CCCCC1=O. The van der Waals surface area contributed by atoms with E-state index < -0.39 is 0 Å². The molecule has 1 aromatic heterocycles. The van der Waals surface area contributed by atoms with Gasteiger partial charge in [0.15, 0.2) is 0 Å². The highest BCUT2D eigenvalue weighted by Gasteiger charge is 2.21. The molecule has 2 N–H and O–H groups in total. The molecule has 15 heavy (non-hydrogen) atoms. The highest BCUT2D eigenvalue weighted by atomic mass is 16.2. The van der Waals surface area contributed by atoms with Gasteiger partial charge in [-0.15, -0.1) is 0 Å². The second-order valence-electron chi connectivity index (χ2n) is 3.91. The Morgan fingerprint density at radius 2 is 2.27 bits per heavy atom. The fourth-order valence-corrected chi connectivity index (χ4v) is 1.90. The van der Waals surface area contributed by atoms with Gasteiger partial charge < -0.3 is 5.73 Å². The molecule has 0 aromatic carbocycles. The lowest BCUT2D eigenvalue weighted by Crippen LogP contribution is -2.36. The summed E-state index contributed by atoms with van der Waals surface area (Å²) in [6.07, 6.45) is 4.27. The molecule has 1 aromatic rings. The number of nitrogens with two attached hydrogens (primary N) is 1. The van der Waals surface area contributed by atoms with Crippen LogP contribution in [0.3, 0.4) is 0 Å². The summed E-state index contributed by atoms with van der Waals surface area (Å²) < 4.78 is 0. The van der Waals surface area contributed by atoms with Crippen LogP contribution >= 0.6 is 0 Å². The summed E-state index contributed by atoms with van der Waals surface area (Å²) in [5.41, 5.74) is 7.23. The van der Waals surface area contributed by atoms with Crippen LogP contribution in [0, 0.1) is 6.92 Å². The summed E-state index contributed by atoms with van der Waals surface area (Å²) in [5.74, 6) is 0.926. The van der Waals surface area contributed by atoms with E-state index in [4.69, 9.17) is 5.73 Å². The fraction of sp³-hybridized carbons (Fsp3) is 0.455. The zero-order valence-corrected chi connectivity index (χ0v) is 8.86. The van der Waals surface area contributed by atoms with Crippen molar-refractivity contribution in [1.29, 1.82) is 0 Å². The van der Waals surface area contributed by atoms with Gasteiger partial charge in [0, 0.05) is 13.0 Å². The van der Waals surface area contributed by atoms with Gasteiger partial charge in [-0.05, 0) is 31.4 Å². The van der Waals surface area contributed by atoms with E-state index in [9.17, 15) is 4.79 Å². The largest absolute Gasteiger partial charge is 0.397 e. The van der Waals surface area contributed by atoms with Crippen molar-refractivity contribution in [1.82, 2.24) is 4.98 Å². The van der Waals surface area contributed by atoms with Gasteiger partial charge in [0.25, 0.3) is 0 Å². The normalized spacial score (nSPS) is 16.9. The van der Waals surface area contributed by atoms with Gasteiger partial charge in [0.2, 0.25) is 5.91 Å². The summed E-state index contributed by atoms with van der Waals surface area (Å²) in [7, 11) is 0. The lowest BCUT2D eigenvalue weighted by Gasteiger charge is -2.27. The van der Waals surface area contributed by atoms with Crippen LogP contribution in [0.25, 0.3) is 0 Å². The van der Waals surface area contributed by atoms with Gasteiger partial charge in [0.05, 0.1) is 11.9 Å². The summed E-state index contributed by atoms with van der Waals surface area (Å²) in [5, 5.41) is 0. The van der Waals surface area contributed by atoms with Crippen LogP contribution in [-0.4, -0.2) is 17.4 Å². The second kappa shape index (κ2) is 3.88. The molecule has 4 heteroatoms. The van der Waals surface area contributed by atoms with Crippen LogP contribution < -0.4 is 10.6 Å². The van der Waals surface area contributed by atoms with E-state index in [1.54, 1.807) is 11.1 Å². The maximum absolute atomic E-state index is 11.7. The molecule has 1 amide bonds. The van der Waals surface area contributed by atoms with Gasteiger partial charge in [-0.3, -0.25) is 9.69 Å². The van der Waals surface area contributed by atoms with Crippen LogP contribution in [-0.2, 0) is 4.79 Å². The quantitative estimate of drug-likeness (QED) is 0.755. The third kappa shape index (κ3) is 1.93. The van der Waals surface area contributed by atoms with Crippen LogP contribution in [0.1, 0.15) is 24.8 Å². The third-order valence-corrected chi connectivity index (χ3v) is 2.65. The lowest BCUT2D eigenvalue weighted by molar-refractivity contribution is -0.119. The Labute approximate surface area is 89.1 Å². The Kier molecular flexibility index (Phi) is 2.58. The zero-order chi connectivity index (χ0) is 10.8. The lowest BCUT2D eigenvalue weighted by atomic mass is 10.1. The van der Waals surface area contributed by atoms with Gasteiger partial charge in [-0.2, -0.15) is 0 Å². The first-order chi connectivity index (χ1) is 7.18.